The minimum absolute atomic E-state index is 0.124. The van der Waals surface area contributed by atoms with Gasteiger partial charge in [0.05, 0.1) is 12.3 Å². The predicted octanol–water partition coefficient (Wildman–Crippen LogP) is 0.766. The van der Waals surface area contributed by atoms with Crippen molar-refractivity contribution in [2.75, 3.05) is 26.7 Å². The van der Waals surface area contributed by atoms with E-state index in [1.807, 2.05) is 13.1 Å². The van der Waals surface area contributed by atoms with Crippen LogP contribution < -0.4 is 26.6 Å². The molecule has 3 aliphatic heterocycles. The second kappa shape index (κ2) is 9.02. The second-order valence-corrected chi connectivity index (χ2v) is 8.85. The quantitative estimate of drug-likeness (QED) is 0.450. The molecule has 4 aliphatic rings. The number of ether oxygens (including phenoxy) is 1. The smallest absolute Gasteiger partial charge is 0.124 e. The molecule has 2 saturated heterocycles. The number of halogens is 2. The number of hydrogen-bond acceptors (Lipinski definition) is 6. The second-order valence-electron chi connectivity index (χ2n) is 8.85. The molecule has 1 aliphatic carbocycles. The van der Waals surface area contributed by atoms with Gasteiger partial charge in [0.25, 0.3) is 0 Å². The lowest BCUT2D eigenvalue weighted by Gasteiger charge is -2.45. The first kappa shape index (κ1) is 20.6. The fraction of sp³-hybridized carbons (Fsp3) is 0.900. The Labute approximate surface area is 166 Å². The number of nitrogens with one attached hydrogen (secondary N) is 5. The van der Waals surface area contributed by atoms with Crippen LogP contribution >= 0.6 is 0 Å². The van der Waals surface area contributed by atoms with E-state index in [0.29, 0.717) is 38.1 Å². The Morgan fingerprint density at radius 2 is 2.07 bits per heavy atom. The zero-order valence-electron chi connectivity index (χ0n) is 16.9. The Morgan fingerprint density at radius 1 is 1.21 bits per heavy atom. The molecule has 1 saturated carbocycles. The van der Waals surface area contributed by atoms with Gasteiger partial charge in [-0.25, -0.2) is 8.78 Å². The van der Waals surface area contributed by atoms with Gasteiger partial charge in [0, 0.05) is 44.1 Å². The van der Waals surface area contributed by atoms with Crippen LogP contribution in [0.2, 0.25) is 0 Å². The summed E-state index contributed by atoms with van der Waals surface area (Å²) >= 11 is 0. The average molecular weight is 400 g/mol. The third-order valence-corrected chi connectivity index (χ3v) is 6.80. The van der Waals surface area contributed by atoms with E-state index in [4.69, 9.17) is 4.74 Å². The highest BCUT2D eigenvalue weighted by Crippen LogP contribution is 2.44. The molecule has 28 heavy (non-hydrogen) atoms. The van der Waals surface area contributed by atoms with E-state index in [2.05, 4.69) is 33.5 Å². The Morgan fingerprint density at radius 3 is 2.89 bits per heavy atom. The lowest BCUT2D eigenvalue weighted by molar-refractivity contribution is -0.0269. The van der Waals surface area contributed by atoms with E-state index in [9.17, 15) is 4.39 Å². The monoisotopic (exact) mass is 399 g/mol. The fourth-order valence-corrected chi connectivity index (χ4v) is 5.43. The van der Waals surface area contributed by atoms with Crippen LogP contribution in [0.4, 0.5) is 8.78 Å². The molecule has 8 heteroatoms. The summed E-state index contributed by atoms with van der Waals surface area (Å²) in [6.07, 6.45) is 2.84. The molecule has 5 N–H and O–H groups in total. The minimum Gasteiger partial charge on any atom is -0.377 e. The van der Waals surface area contributed by atoms with Crippen molar-refractivity contribution in [3.63, 3.8) is 0 Å². The number of alkyl halides is 2. The van der Waals surface area contributed by atoms with Crippen LogP contribution in [-0.2, 0) is 4.74 Å². The summed E-state index contributed by atoms with van der Waals surface area (Å²) in [6, 6.07) is 0.0510. The molecule has 8 unspecified atom stereocenters. The highest BCUT2D eigenvalue weighted by molar-refractivity contribution is 5.19. The van der Waals surface area contributed by atoms with Gasteiger partial charge in [0.15, 0.2) is 0 Å². The van der Waals surface area contributed by atoms with Crippen molar-refractivity contribution in [3.05, 3.63) is 11.6 Å². The molecule has 4 rings (SSSR count). The van der Waals surface area contributed by atoms with Crippen molar-refractivity contribution in [1.82, 2.24) is 26.6 Å². The minimum atomic E-state index is -1.09. The zero-order chi connectivity index (χ0) is 19.7. The van der Waals surface area contributed by atoms with E-state index >= 15 is 4.39 Å². The van der Waals surface area contributed by atoms with E-state index in [1.165, 1.54) is 0 Å². The van der Waals surface area contributed by atoms with Crippen molar-refractivity contribution in [3.8, 4) is 0 Å². The van der Waals surface area contributed by atoms with Crippen molar-refractivity contribution in [1.29, 1.82) is 0 Å². The maximum absolute atomic E-state index is 15.8. The predicted molar refractivity (Wildman–Crippen MR) is 105 cm³/mol. The van der Waals surface area contributed by atoms with E-state index in [1.54, 1.807) is 0 Å². The molecule has 0 bridgehead atoms. The lowest BCUT2D eigenvalue weighted by Crippen LogP contribution is -2.69. The first-order valence-corrected chi connectivity index (χ1v) is 10.8. The highest BCUT2D eigenvalue weighted by Gasteiger charge is 2.50. The van der Waals surface area contributed by atoms with Crippen LogP contribution in [0.1, 0.15) is 32.6 Å². The molecule has 0 amide bonds. The SMILES string of the molecule is CNC1CC(C)NC(NC2CC3CCOC3C(C3=CCNC[C@H](F)C3)C2F)N1. The first-order valence-electron chi connectivity index (χ1n) is 10.8. The van der Waals surface area contributed by atoms with Gasteiger partial charge >= 0.3 is 0 Å². The number of hydrogen-bond donors (Lipinski definition) is 5. The van der Waals surface area contributed by atoms with Crippen LogP contribution in [0.5, 0.6) is 0 Å². The summed E-state index contributed by atoms with van der Waals surface area (Å²) in [6.45, 7) is 3.75. The molecule has 6 nitrogen and oxygen atoms in total. The maximum atomic E-state index is 15.8. The lowest BCUT2D eigenvalue weighted by atomic mass is 9.70. The summed E-state index contributed by atoms with van der Waals surface area (Å²) in [7, 11) is 1.93. The molecular weight excluding hydrogens is 364 g/mol. The van der Waals surface area contributed by atoms with E-state index in [-0.39, 0.29) is 30.5 Å². The van der Waals surface area contributed by atoms with Gasteiger partial charge in [-0.05, 0) is 39.2 Å². The summed E-state index contributed by atoms with van der Waals surface area (Å²) in [5.74, 6) is -0.0382. The largest absolute Gasteiger partial charge is 0.377 e. The number of rotatable bonds is 4. The fourth-order valence-electron chi connectivity index (χ4n) is 5.43. The molecule has 0 radical (unpaired) electrons. The van der Waals surface area contributed by atoms with Crippen molar-refractivity contribution >= 4 is 0 Å². The van der Waals surface area contributed by atoms with Crippen LogP contribution in [-0.4, -0.2) is 69.7 Å². The Hall–Kier alpha value is -0.640. The van der Waals surface area contributed by atoms with Gasteiger partial charge in [0.1, 0.15) is 18.6 Å². The molecule has 160 valence electrons. The molecule has 3 heterocycles. The van der Waals surface area contributed by atoms with Crippen LogP contribution in [0.25, 0.3) is 0 Å². The summed E-state index contributed by atoms with van der Waals surface area (Å²) in [5, 5.41) is 16.7. The van der Waals surface area contributed by atoms with E-state index in [0.717, 1.165) is 24.8 Å². The maximum Gasteiger partial charge on any atom is 0.124 e. The Balaban J connectivity index is 1.50. The molecule has 9 atom stereocenters. The third kappa shape index (κ3) is 4.42. The normalized spacial score (nSPS) is 47.3. The first-order chi connectivity index (χ1) is 13.5. The molecule has 0 spiro atoms. The van der Waals surface area contributed by atoms with Crippen molar-refractivity contribution in [2.24, 2.45) is 11.8 Å². The van der Waals surface area contributed by atoms with Gasteiger partial charge in [-0.3, -0.25) is 16.0 Å². The van der Waals surface area contributed by atoms with E-state index < -0.39 is 12.3 Å². The number of fused-ring (bicyclic) bond motifs is 1. The summed E-state index contributed by atoms with van der Waals surface area (Å²) in [5.41, 5.74) is 0.888. The standard InChI is InChI=1S/C20H35F2N5O/c1-11-7-16(23-2)27-20(25-11)26-15-9-13-4-6-28-19(13)17(18(15)22)12-3-5-24-10-14(21)8-12/h3,11,13-20,23-27H,4-10H2,1-2H3/t11?,13?,14-,15?,16?,17?,18?,19?,20?/m1/s1. The molecule has 0 aromatic carbocycles. The summed E-state index contributed by atoms with van der Waals surface area (Å²) in [4.78, 5) is 0. The summed E-state index contributed by atoms with van der Waals surface area (Å²) < 4.78 is 36.0. The molecular formula is C20H35F2N5O. The molecule has 0 aromatic heterocycles. The molecule has 0 aromatic rings. The van der Waals surface area contributed by atoms with Gasteiger partial charge in [0.2, 0.25) is 0 Å². The van der Waals surface area contributed by atoms with Crippen LogP contribution in [0.3, 0.4) is 0 Å². The topological polar surface area (TPSA) is 69.4 Å². The van der Waals surface area contributed by atoms with Gasteiger partial charge < -0.3 is 15.4 Å². The van der Waals surface area contributed by atoms with Crippen LogP contribution in [0, 0.1) is 11.8 Å². The van der Waals surface area contributed by atoms with Crippen LogP contribution in [0.15, 0.2) is 11.6 Å². The van der Waals surface area contributed by atoms with Gasteiger partial charge in [-0.15, -0.1) is 0 Å². The highest BCUT2D eigenvalue weighted by atomic mass is 19.1. The average Bonchev–Trinajstić information content (AvgIpc) is 3.01. The van der Waals surface area contributed by atoms with Crippen molar-refractivity contribution < 1.29 is 13.5 Å². The van der Waals surface area contributed by atoms with Crippen molar-refractivity contribution in [2.45, 2.75) is 75.6 Å². The third-order valence-electron chi connectivity index (χ3n) is 6.80. The molecule has 3 fully saturated rings. The zero-order valence-corrected chi connectivity index (χ0v) is 16.9. The van der Waals surface area contributed by atoms with Gasteiger partial charge in [-0.2, -0.15) is 0 Å². The Kier molecular flexibility index (Phi) is 6.64. The van der Waals surface area contributed by atoms with Gasteiger partial charge in [-0.1, -0.05) is 11.6 Å². The Bertz CT molecular complexity index is 565.